The monoisotopic (exact) mass is 211 g/mol. The molecule has 1 unspecified atom stereocenters. The van der Waals surface area contributed by atoms with Crippen LogP contribution >= 0.6 is 0 Å². The quantitative estimate of drug-likeness (QED) is 0.678. The van der Waals surface area contributed by atoms with Gasteiger partial charge in [-0.2, -0.15) is 0 Å². The maximum Gasteiger partial charge on any atom is 0.231 e. The molecule has 82 valence electrons. The molecule has 2 rings (SSSR count). The molecule has 1 aliphatic rings. The third-order valence-corrected chi connectivity index (χ3v) is 2.36. The van der Waals surface area contributed by atoms with Crippen LogP contribution in [0.25, 0.3) is 0 Å². The zero-order chi connectivity index (χ0) is 10.8. The Bertz CT molecular complexity index is 367. The van der Waals surface area contributed by atoms with Gasteiger partial charge in [0.15, 0.2) is 11.5 Å². The Hall–Kier alpha value is -1.46. The van der Waals surface area contributed by atoms with Crippen molar-refractivity contribution >= 4 is 0 Å². The maximum atomic E-state index is 9.67. The highest BCUT2D eigenvalue weighted by molar-refractivity contribution is 5.52. The molecule has 0 bridgehead atoms. The summed E-state index contributed by atoms with van der Waals surface area (Å²) in [4.78, 5) is 0. The number of fused-ring (bicyclic) bond motifs is 1. The van der Waals surface area contributed by atoms with E-state index in [2.05, 4.69) is 0 Å². The van der Waals surface area contributed by atoms with Gasteiger partial charge in [-0.3, -0.25) is 0 Å². The first-order valence-corrected chi connectivity index (χ1v) is 4.71. The van der Waals surface area contributed by atoms with E-state index in [1.165, 1.54) is 6.07 Å². The largest absolute Gasteiger partial charge is 0.507 e. The number of aliphatic hydroxyl groups excluding tert-OH is 1. The van der Waals surface area contributed by atoms with Crippen LogP contribution in [0.2, 0.25) is 0 Å². The first kappa shape index (κ1) is 10.1. The van der Waals surface area contributed by atoms with Crippen LogP contribution in [-0.2, 0) is 0 Å². The van der Waals surface area contributed by atoms with E-state index in [4.69, 9.17) is 20.3 Å². The van der Waals surface area contributed by atoms with E-state index in [1.807, 2.05) is 0 Å². The molecule has 1 aromatic carbocycles. The first-order chi connectivity index (χ1) is 7.22. The van der Waals surface area contributed by atoms with Crippen molar-refractivity contribution in [2.45, 2.75) is 12.5 Å². The molecule has 1 heterocycles. The highest BCUT2D eigenvalue weighted by Gasteiger charge is 2.19. The number of phenols is 1. The van der Waals surface area contributed by atoms with Gasteiger partial charge in [0.05, 0.1) is 0 Å². The highest BCUT2D eigenvalue weighted by Crippen LogP contribution is 2.39. The van der Waals surface area contributed by atoms with Crippen LogP contribution in [0.15, 0.2) is 12.1 Å². The van der Waals surface area contributed by atoms with E-state index < -0.39 is 6.04 Å². The summed E-state index contributed by atoms with van der Waals surface area (Å²) >= 11 is 0. The normalized spacial score (nSPS) is 15.3. The second kappa shape index (κ2) is 3.96. The molecule has 0 saturated carbocycles. The summed E-state index contributed by atoms with van der Waals surface area (Å²) in [5.74, 6) is 1.17. The van der Waals surface area contributed by atoms with Crippen LogP contribution in [0.5, 0.6) is 17.2 Å². The Kier molecular flexibility index (Phi) is 2.66. The predicted octanol–water partition coefficient (Wildman–Crippen LogP) is 0.503. The summed E-state index contributed by atoms with van der Waals surface area (Å²) in [5.41, 5.74) is 6.35. The first-order valence-electron chi connectivity index (χ1n) is 4.71. The van der Waals surface area contributed by atoms with E-state index in [9.17, 15) is 5.11 Å². The molecular formula is C10H13NO4. The molecule has 0 fully saturated rings. The highest BCUT2D eigenvalue weighted by atomic mass is 16.7. The molecule has 1 aliphatic heterocycles. The van der Waals surface area contributed by atoms with Crippen molar-refractivity contribution in [2.24, 2.45) is 5.73 Å². The minimum absolute atomic E-state index is 0.0188. The summed E-state index contributed by atoms with van der Waals surface area (Å²) in [6, 6.07) is 2.73. The van der Waals surface area contributed by atoms with E-state index >= 15 is 0 Å². The smallest absolute Gasteiger partial charge is 0.231 e. The molecule has 0 spiro atoms. The van der Waals surface area contributed by atoms with Crippen LogP contribution in [0.1, 0.15) is 18.0 Å². The van der Waals surface area contributed by atoms with E-state index in [0.717, 1.165) is 0 Å². The van der Waals surface area contributed by atoms with Crippen LogP contribution in [-0.4, -0.2) is 23.6 Å². The van der Waals surface area contributed by atoms with E-state index in [1.54, 1.807) is 6.07 Å². The van der Waals surface area contributed by atoms with Crippen molar-refractivity contribution in [1.29, 1.82) is 0 Å². The van der Waals surface area contributed by atoms with Crippen molar-refractivity contribution < 1.29 is 19.7 Å². The lowest BCUT2D eigenvalue weighted by Gasteiger charge is -2.12. The minimum Gasteiger partial charge on any atom is -0.507 e. The number of aliphatic hydroxyl groups is 1. The van der Waals surface area contributed by atoms with Crippen LogP contribution in [0.3, 0.4) is 0 Å². The molecule has 5 heteroatoms. The van der Waals surface area contributed by atoms with Gasteiger partial charge in [0.2, 0.25) is 6.79 Å². The zero-order valence-corrected chi connectivity index (χ0v) is 8.14. The van der Waals surface area contributed by atoms with Crippen molar-refractivity contribution in [3.05, 3.63) is 17.7 Å². The molecule has 0 radical (unpaired) electrons. The van der Waals surface area contributed by atoms with Gasteiger partial charge in [-0.1, -0.05) is 0 Å². The number of phenolic OH excluding ortho intramolecular Hbond substituents is 1. The molecular weight excluding hydrogens is 198 g/mol. The fourth-order valence-corrected chi connectivity index (χ4v) is 1.54. The Labute approximate surface area is 87.0 Å². The summed E-state index contributed by atoms with van der Waals surface area (Å²) in [6.07, 6.45) is 0.396. The molecule has 0 aromatic heterocycles. The average Bonchev–Trinajstić information content (AvgIpc) is 2.63. The topological polar surface area (TPSA) is 84.9 Å². The molecule has 1 aromatic rings. The summed E-state index contributed by atoms with van der Waals surface area (Å²) in [5, 5.41) is 18.4. The fraction of sp³-hybridized carbons (Fsp3) is 0.400. The Morgan fingerprint density at radius 1 is 1.33 bits per heavy atom. The van der Waals surface area contributed by atoms with Gasteiger partial charge in [0, 0.05) is 24.3 Å². The lowest BCUT2D eigenvalue weighted by Crippen LogP contribution is -2.12. The molecule has 0 amide bonds. The predicted molar refractivity (Wildman–Crippen MR) is 52.9 cm³/mol. The minimum atomic E-state index is -0.399. The summed E-state index contributed by atoms with van der Waals surface area (Å²) < 4.78 is 10.3. The lowest BCUT2D eigenvalue weighted by atomic mass is 10.0. The Morgan fingerprint density at radius 3 is 2.67 bits per heavy atom. The van der Waals surface area contributed by atoms with Crippen molar-refractivity contribution in [2.75, 3.05) is 13.4 Å². The molecule has 1 atom stereocenters. The molecule has 15 heavy (non-hydrogen) atoms. The number of aromatic hydroxyl groups is 1. The van der Waals surface area contributed by atoms with Crippen molar-refractivity contribution in [3.8, 4) is 17.2 Å². The van der Waals surface area contributed by atoms with Gasteiger partial charge in [0.25, 0.3) is 0 Å². The third-order valence-electron chi connectivity index (χ3n) is 2.36. The number of nitrogens with two attached hydrogens (primary N) is 1. The van der Waals surface area contributed by atoms with Gasteiger partial charge in [-0.25, -0.2) is 0 Å². The zero-order valence-electron chi connectivity index (χ0n) is 8.14. The fourth-order valence-electron chi connectivity index (χ4n) is 1.54. The van der Waals surface area contributed by atoms with Gasteiger partial charge < -0.3 is 25.4 Å². The summed E-state index contributed by atoms with van der Waals surface area (Å²) in [6.45, 7) is 0.141. The average molecular weight is 211 g/mol. The number of hydrogen-bond acceptors (Lipinski definition) is 5. The standard InChI is InChI=1S/C10H13NO4/c11-7(1-2-12)6-3-9-10(4-8(6)13)15-5-14-9/h3-4,7,12-13H,1-2,5,11H2. The van der Waals surface area contributed by atoms with E-state index in [-0.39, 0.29) is 19.1 Å². The number of rotatable bonds is 3. The van der Waals surface area contributed by atoms with Crippen LogP contribution in [0.4, 0.5) is 0 Å². The SMILES string of the molecule is NC(CCO)c1cc2c(cc1O)OCO2. The van der Waals surface area contributed by atoms with Crippen molar-refractivity contribution in [1.82, 2.24) is 0 Å². The number of hydrogen-bond donors (Lipinski definition) is 3. The second-order valence-electron chi connectivity index (χ2n) is 3.38. The van der Waals surface area contributed by atoms with Crippen LogP contribution in [0, 0.1) is 0 Å². The van der Waals surface area contributed by atoms with Gasteiger partial charge in [-0.15, -0.1) is 0 Å². The number of ether oxygens (including phenoxy) is 2. The molecule has 0 aliphatic carbocycles. The molecule has 4 N–H and O–H groups in total. The van der Waals surface area contributed by atoms with E-state index in [0.29, 0.717) is 23.5 Å². The Morgan fingerprint density at radius 2 is 2.00 bits per heavy atom. The Balaban J connectivity index is 2.31. The lowest BCUT2D eigenvalue weighted by molar-refractivity contribution is 0.174. The molecule has 0 saturated heterocycles. The van der Waals surface area contributed by atoms with Gasteiger partial charge in [0.1, 0.15) is 5.75 Å². The molecule has 5 nitrogen and oxygen atoms in total. The van der Waals surface area contributed by atoms with Gasteiger partial charge in [-0.05, 0) is 12.5 Å². The third kappa shape index (κ3) is 1.84. The van der Waals surface area contributed by atoms with Crippen molar-refractivity contribution in [3.63, 3.8) is 0 Å². The van der Waals surface area contributed by atoms with Gasteiger partial charge >= 0.3 is 0 Å². The van der Waals surface area contributed by atoms with Crippen LogP contribution < -0.4 is 15.2 Å². The summed E-state index contributed by atoms with van der Waals surface area (Å²) in [7, 11) is 0. The number of benzene rings is 1. The second-order valence-corrected chi connectivity index (χ2v) is 3.38. The maximum absolute atomic E-state index is 9.67.